The van der Waals surface area contributed by atoms with Gasteiger partial charge in [-0.05, 0) is 30.2 Å². The molecule has 7 nitrogen and oxygen atoms in total. The van der Waals surface area contributed by atoms with Crippen molar-refractivity contribution in [3.8, 4) is 11.4 Å². The monoisotopic (exact) mass is 426 g/mol. The highest BCUT2D eigenvalue weighted by Gasteiger charge is 2.31. The summed E-state index contributed by atoms with van der Waals surface area (Å²) in [6.45, 7) is 3.66. The zero-order valence-electron chi connectivity index (χ0n) is 14.4. The van der Waals surface area contributed by atoms with Crippen molar-refractivity contribution >= 4 is 33.2 Å². The van der Waals surface area contributed by atoms with Gasteiger partial charge >= 0.3 is 0 Å². The first-order valence-electron chi connectivity index (χ1n) is 8.00. The summed E-state index contributed by atoms with van der Waals surface area (Å²) < 4.78 is 33.6. The third-order valence-corrected chi connectivity index (χ3v) is 6.18. The molecule has 2 heterocycles. The SMILES string of the molecule is CC(C)C(NS(=O)(=O)c1c(Cl)cccc1Cl)c1nc(-c2ccncc2)no1. The van der Waals surface area contributed by atoms with E-state index < -0.39 is 16.1 Å². The van der Waals surface area contributed by atoms with Crippen LogP contribution in [0.3, 0.4) is 0 Å². The molecule has 10 heteroatoms. The zero-order valence-corrected chi connectivity index (χ0v) is 16.8. The minimum atomic E-state index is -4.02. The van der Waals surface area contributed by atoms with Crippen LogP contribution in [0.5, 0.6) is 0 Å². The van der Waals surface area contributed by atoms with Crippen LogP contribution in [0.2, 0.25) is 10.0 Å². The van der Waals surface area contributed by atoms with Crippen LogP contribution >= 0.6 is 23.2 Å². The minimum Gasteiger partial charge on any atom is -0.337 e. The van der Waals surface area contributed by atoms with E-state index in [1.54, 1.807) is 30.6 Å². The van der Waals surface area contributed by atoms with Gasteiger partial charge in [0.15, 0.2) is 0 Å². The average molecular weight is 427 g/mol. The number of hydrogen-bond donors (Lipinski definition) is 1. The summed E-state index contributed by atoms with van der Waals surface area (Å²) >= 11 is 12.1. The molecule has 1 atom stereocenters. The van der Waals surface area contributed by atoms with E-state index in [4.69, 9.17) is 27.7 Å². The van der Waals surface area contributed by atoms with Crippen LogP contribution in [-0.2, 0) is 10.0 Å². The quantitative estimate of drug-likeness (QED) is 0.636. The molecule has 0 amide bonds. The summed E-state index contributed by atoms with van der Waals surface area (Å²) in [5, 5.41) is 3.98. The summed E-state index contributed by atoms with van der Waals surface area (Å²) in [5.74, 6) is 0.309. The predicted molar refractivity (Wildman–Crippen MR) is 102 cm³/mol. The number of pyridine rings is 1. The number of benzene rings is 1. The molecule has 0 aliphatic rings. The Hall–Kier alpha value is -2.00. The Morgan fingerprint density at radius 1 is 1.07 bits per heavy atom. The lowest BCUT2D eigenvalue weighted by Crippen LogP contribution is -2.32. The summed E-state index contributed by atoms with van der Waals surface area (Å²) in [7, 11) is -4.02. The fourth-order valence-electron chi connectivity index (χ4n) is 2.42. The van der Waals surface area contributed by atoms with Crippen LogP contribution in [0.1, 0.15) is 25.8 Å². The first-order valence-corrected chi connectivity index (χ1v) is 10.2. The van der Waals surface area contributed by atoms with Gasteiger partial charge in [-0.1, -0.05) is 48.3 Å². The van der Waals surface area contributed by atoms with E-state index in [9.17, 15) is 8.42 Å². The molecule has 0 bridgehead atoms. The molecule has 0 fully saturated rings. The number of nitrogens with one attached hydrogen (secondary N) is 1. The lowest BCUT2D eigenvalue weighted by Gasteiger charge is -2.19. The highest BCUT2D eigenvalue weighted by Crippen LogP contribution is 2.31. The molecule has 1 N–H and O–H groups in total. The molecule has 0 spiro atoms. The van der Waals surface area contributed by atoms with Crippen LogP contribution in [0.4, 0.5) is 0 Å². The van der Waals surface area contributed by atoms with Gasteiger partial charge in [0.2, 0.25) is 21.7 Å². The molecule has 0 saturated carbocycles. The molecule has 1 unspecified atom stereocenters. The van der Waals surface area contributed by atoms with Crippen LogP contribution in [0.25, 0.3) is 11.4 Å². The highest BCUT2D eigenvalue weighted by molar-refractivity contribution is 7.89. The van der Waals surface area contributed by atoms with E-state index in [1.165, 1.54) is 12.1 Å². The van der Waals surface area contributed by atoms with E-state index in [0.29, 0.717) is 11.4 Å². The summed E-state index contributed by atoms with van der Waals surface area (Å²) in [5.41, 5.74) is 0.708. The number of aromatic nitrogens is 3. The predicted octanol–water partition coefficient (Wildman–Crippen LogP) is 4.11. The molecule has 142 valence electrons. The number of sulfonamides is 1. The molecule has 0 aliphatic carbocycles. The van der Waals surface area contributed by atoms with Crippen molar-refractivity contribution in [3.05, 3.63) is 58.7 Å². The van der Waals surface area contributed by atoms with Gasteiger partial charge in [0.05, 0.1) is 10.0 Å². The van der Waals surface area contributed by atoms with Gasteiger partial charge in [-0.3, -0.25) is 4.98 Å². The van der Waals surface area contributed by atoms with E-state index in [1.807, 2.05) is 13.8 Å². The smallest absolute Gasteiger partial charge is 0.245 e. The number of hydrogen-bond acceptors (Lipinski definition) is 6. The number of halogens is 2. The van der Waals surface area contributed by atoms with Gasteiger partial charge in [0.25, 0.3) is 0 Å². The molecule has 3 rings (SSSR count). The van der Waals surface area contributed by atoms with Crippen molar-refractivity contribution < 1.29 is 12.9 Å². The van der Waals surface area contributed by atoms with Gasteiger partial charge in [-0.2, -0.15) is 9.71 Å². The second-order valence-corrected chi connectivity index (χ2v) is 8.55. The van der Waals surface area contributed by atoms with Crippen molar-refractivity contribution in [1.29, 1.82) is 0 Å². The Labute approximate surface area is 166 Å². The maximum Gasteiger partial charge on any atom is 0.245 e. The van der Waals surface area contributed by atoms with Crippen molar-refractivity contribution in [2.75, 3.05) is 0 Å². The maximum atomic E-state index is 12.9. The largest absolute Gasteiger partial charge is 0.337 e. The second-order valence-electron chi connectivity index (χ2n) is 6.09. The van der Waals surface area contributed by atoms with Gasteiger partial charge in [-0.15, -0.1) is 0 Å². The zero-order chi connectivity index (χ0) is 19.6. The Balaban J connectivity index is 1.95. The van der Waals surface area contributed by atoms with Crippen LogP contribution < -0.4 is 4.72 Å². The van der Waals surface area contributed by atoms with Gasteiger partial charge in [-0.25, -0.2) is 8.42 Å². The molecular formula is C17H16Cl2N4O3S. The Morgan fingerprint density at radius 2 is 1.70 bits per heavy atom. The van der Waals surface area contributed by atoms with Crippen LogP contribution in [-0.4, -0.2) is 23.5 Å². The number of nitrogens with zero attached hydrogens (tertiary/aromatic N) is 3. The summed E-state index contributed by atoms with van der Waals surface area (Å²) in [4.78, 5) is 8.08. The van der Waals surface area contributed by atoms with Gasteiger partial charge < -0.3 is 4.52 Å². The fourth-order valence-corrected chi connectivity index (χ4v) is 4.90. The summed E-state index contributed by atoms with van der Waals surface area (Å²) in [6, 6.07) is 7.19. The van der Waals surface area contributed by atoms with Crippen LogP contribution in [0.15, 0.2) is 52.1 Å². The third kappa shape index (κ3) is 4.30. The normalized spacial score (nSPS) is 13.1. The molecule has 2 aromatic heterocycles. The van der Waals surface area contributed by atoms with Crippen LogP contribution in [0, 0.1) is 5.92 Å². The van der Waals surface area contributed by atoms with Crippen molar-refractivity contribution in [1.82, 2.24) is 19.8 Å². The highest BCUT2D eigenvalue weighted by atomic mass is 35.5. The third-order valence-electron chi connectivity index (χ3n) is 3.78. The molecule has 27 heavy (non-hydrogen) atoms. The van der Waals surface area contributed by atoms with E-state index >= 15 is 0 Å². The molecule has 0 radical (unpaired) electrons. The van der Waals surface area contributed by atoms with E-state index in [0.717, 1.165) is 0 Å². The summed E-state index contributed by atoms with van der Waals surface area (Å²) in [6.07, 6.45) is 3.21. The number of rotatable bonds is 6. The minimum absolute atomic E-state index is 0.0282. The van der Waals surface area contributed by atoms with Crippen molar-refractivity contribution in [3.63, 3.8) is 0 Å². The molecule has 3 aromatic rings. The molecule has 0 saturated heterocycles. The van der Waals surface area contributed by atoms with Crippen molar-refractivity contribution in [2.24, 2.45) is 5.92 Å². The first-order chi connectivity index (χ1) is 12.8. The van der Waals surface area contributed by atoms with Crippen molar-refractivity contribution in [2.45, 2.75) is 24.8 Å². The molecule has 0 aliphatic heterocycles. The molecular weight excluding hydrogens is 411 g/mol. The van der Waals surface area contributed by atoms with E-state index in [2.05, 4.69) is 19.8 Å². The Morgan fingerprint density at radius 3 is 2.30 bits per heavy atom. The maximum absolute atomic E-state index is 12.9. The van der Waals surface area contributed by atoms with E-state index in [-0.39, 0.29) is 26.7 Å². The fraction of sp³-hybridized carbons (Fsp3) is 0.235. The first kappa shape index (κ1) is 19.8. The topological polar surface area (TPSA) is 98.0 Å². The average Bonchev–Trinajstić information content (AvgIpc) is 3.09. The van der Waals surface area contributed by atoms with Gasteiger partial charge in [0.1, 0.15) is 10.9 Å². The second kappa shape index (κ2) is 7.93. The lowest BCUT2D eigenvalue weighted by atomic mass is 10.1. The van der Waals surface area contributed by atoms with Gasteiger partial charge in [0, 0.05) is 18.0 Å². The standard InChI is InChI=1S/C17H16Cl2N4O3S/c1-10(2)14(17-21-16(22-26-17)11-6-8-20-9-7-11)23-27(24,25)15-12(18)4-3-5-13(15)19/h3-10,14,23H,1-2H3. The molecule has 1 aromatic carbocycles. The lowest BCUT2D eigenvalue weighted by molar-refractivity contribution is 0.311. The Bertz CT molecular complexity index is 1020. The Kier molecular flexibility index (Phi) is 5.81.